The van der Waals surface area contributed by atoms with Crippen LogP contribution in [0.2, 0.25) is 0 Å². The van der Waals surface area contributed by atoms with E-state index in [0.29, 0.717) is 17.3 Å². The molecule has 1 aliphatic heterocycles. The summed E-state index contributed by atoms with van der Waals surface area (Å²) in [6.07, 6.45) is 2.16. The fraction of sp³-hybridized carbons (Fsp3) is 0.174. The molecule has 2 aromatic carbocycles. The second kappa shape index (κ2) is 9.29. The number of ether oxygens (including phenoxy) is 1. The summed E-state index contributed by atoms with van der Waals surface area (Å²) < 4.78 is 12.5. The minimum Gasteiger partial charge on any atom is -0.497 e. The average molecular weight is 461 g/mol. The van der Waals surface area contributed by atoms with E-state index >= 15 is 0 Å². The van der Waals surface area contributed by atoms with Crippen LogP contribution in [0.1, 0.15) is 23.8 Å². The Morgan fingerprint density at radius 3 is 2.67 bits per heavy atom. The number of nitrogens with zero attached hydrogens (tertiary/aromatic N) is 6. The molecule has 1 aliphatic rings. The van der Waals surface area contributed by atoms with Crippen molar-refractivity contribution in [3.63, 3.8) is 0 Å². The smallest absolute Gasteiger partial charge is 0.253 e. The van der Waals surface area contributed by atoms with E-state index in [2.05, 4.69) is 20.6 Å². The van der Waals surface area contributed by atoms with Crippen molar-refractivity contribution in [1.29, 1.82) is 0 Å². The molecule has 0 fully saturated rings. The molecule has 0 unspecified atom stereocenters. The van der Waals surface area contributed by atoms with Crippen LogP contribution in [-0.2, 0) is 4.79 Å². The van der Waals surface area contributed by atoms with E-state index in [1.807, 2.05) is 66.7 Å². The average Bonchev–Trinajstić information content (AvgIpc) is 3.63. The Kier molecular flexibility index (Phi) is 5.90. The molecule has 0 bridgehead atoms. The van der Waals surface area contributed by atoms with Gasteiger partial charge in [-0.15, -0.1) is 5.10 Å². The van der Waals surface area contributed by atoms with Crippen LogP contribution >= 0.6 is 11.8 Å². The van der Waals surface area contributed by atoms with Crippen molar-refractivity contribution < 1.29 is 13.9 Å². The lowest BCUT2D eigenvalue weighted by Crippen LogP contribution is -2.28. The van der Waals surface area contributed by atoms with Crippen LogP contribution in [0.3, 0.4) is 0 Å². The van der Waals surface area contributed by atoms with Gasteiger partial charge in [0.2, 0.25) is 5.16 Å². The Labute approximate surface area is 194 Å². The molecule has 166 valence electrons. The fourth-order valence-corrected chi connectivity index (χ4v) is 4.34. The summed E-state index contributed by atoms with van der Waals surface area (Å²) in [6.45, 7) is 0. The number of methoxy groups -OCH3 is 1. The molecular formula is C23H20N6O3S. The molecule has 4 aromatic rings. The number of thioether (sulfide) groups is 1. The summed E-state index contributed by atoms with van der Waals surface area (Å²) in [5.74, 6) is 1.42. The fourth-order valence-electron chi connectivity index (χ4n) is 3.59. The van der Waals surface area contributed by atoms with E-state index < -0.39 is 0 Å². The summed E-state index contributed by atoms with van der Waals surface area (Å²) in [4.78, 5) is 13.2. The van der Waals surface area contributed by atoms with Crippen molar-refractivity contribution in [2.75, 3.05) is 12.9 Å². The zero-order valence-corrected chi connectivity index (χ0v) is 18.6. The molecule has 0 N–H and O–H groups in total. The van der Waals surface area contributed by atoms with Crippen molar-refractivity contribution in [3.8, 4) is 11.4 Å². The van der Waals surface area contributed by atoms with Gasteiger partial charge in [-0.2, -0.15) is 9.78 Å². The third-order valence-electron chi connectivity index (χ3n) is 5.23. The molecular weight excluding hydrogens is 440 g/mol. The van der Waals surface area contributed by atoms with E-state index in [9.17, 15) is 4.79 Å². The number of rotatable bonds is 7. The van der Waals surface area contributed by atoms with Gasteiger partial charge in [0.15, 0.2) is 0 Å². The lowest BCUT2D eigenvalue weighted by atomic mass is 10.0. The van der Waals surface area contributed by atoms with Gasteiger partial charge in [0.25, 0.3) is 5.91 Å². The van der Waals surface area contributed by atoms with Crippen LogP contribution < -0.4 is 4.74 Å². The molecule has 3 heterocycles. The molecule has 2 aromatic heterocycles. The molecule has 1 amide bonds. The van der Waals surface area contributed by atoms with Crippen LogP contribution in [0.25, 0.3) is 5.69 Å². The summed E-state index contributed by atoms with van der Waals surface area (Å²) >= 11 is 1.26. The van der Waals surface area contributed by atoms with Gasteiger partial charge in [-0.1, -0.05) is 30.0 Å². The lowest BCUT2D eigenvalue weighted by molar-refractivity contribution is -0.130. The maximum atomic E-state index is 13.2. The second-order valence-electron chi connectivity index (χ2n) is 7.25. The number of benzene rings is 2. The van der Waals surface area contributed by atoms with Crippen LogP contribution in [0.15, 0.2) is 87.7 Å². The highest BCUT2D eigenvalue weighted by Crippen LogP contribution is 2.34. The monoisotopic (exact) mass is 460 g/mol. The summed E-state index contributed by atoms with van der Waals surface area (Å²) in [7, 11) is 1.63. The highest BCUT2D eigenvalue weighted by atomic mass is 32.2. The van der Waals surface area contributed by atoms with Crippen molar-refractivity contribution in [2.45, 2.75) is 17.6 Å². The topological polar surface area (TPSA) is 98.6 Å². The first kappa shape index (κ1) is 21.0. The van der Waals surface area contributed by atoms with Crippen molar-refractivity contribution in [2.24, 2.45) is 5.10 Å². The molecule has 9 nitrogen and oxygen atoms in total. The van der Waals surface area contributed by atoms with E-state index in [4.69, 9.17) is 9.15 Å². The SMILES string of the molecule is COc1ccc(C2=NN(C(=O)CSc3nnnn3-c3ccccc3)[C@H](c3ccco3)C2)cc1. The van der Waals surface area contributed by atoms with Crippen LogP contribution in [0.5, 0.6) is 5.75 Å². The van der Waals surface area contributed by atoms with Gasteiger partial charge < -0.3 is 9.15 Å². The third-order valence-corrected chi connectivity index (χ3v) is 6.13. The van der Waals surface area contributed by atoms with Crippen LogP contribution in [0.4, 0.5) is 0 Å². The first-order valence-electron chi connectivity index (χ1n) is 10.3. The number of tetrazole rings is 1. The first-order chi connectivity index (χ1) is 16.2. The highest BCUT2D eigenvalue weighted by molar-refractivity contribution is 7.99. The predicted octanol–water partition coefficient (Wildman–Crippen LogP) is 3.73. The van der Waals surface area contributed by atoms with Crippen LogP contribution in [0, 0.1) is 0 Å². The number of hydrogen-bond donors (Lipinski definition) is 0. The Hall–Kier alpha value is -3.92. The number of aromatic nitrogens is 4. The lowest BCUT2D eigenvalue weighted by Gasteiger charge is -2.19. The number of para-hydroxylation sites is 1. The molecule has 0 saturated heterocycles. The van der Waals surface area contributed by atoms with Gasteiger partial charge in [0.1, 0.15) is 17.6 Å². The Morgan fingerprint density at radius 2 is 1.94 bits per heavy atom. The van der Waals surface area contributed by atoms with E-state index in [1.54, 1.807) is 18.1 Å². The standard InChI is InChI=1S/C23H20N6O3S/c1-31-18-11-9-16(10-12-18)19-14-20(21-8-5-13-32-21)29(25-19)22(30)15-33-23-24-26-27-28(23)17-6-3-2-4-7-17/h2-13,20H,14-15H2,1H3/t20-/m0/s1. The van der Waals surface area contributed by atoms with Gasteiger partial charge >= 0.3 is 0 Å². The predicted molar refractivity (Wildman–Crippen MR) is 122 cm³/mol. The number of carbonyl (C=O) groups excluding carboxylic acids is 1. The zero-order chi connectivity index (χ0) is 22.6. The number of carbonyl (C=O) groups is 1. The number of hydrazone groups is 1. The molecule has 0 saturated carbocycles. The Bertz CT molecular complexity index is 1260. The molecule has 5 rings (SSSR count). The zero-order valence-electron chi connectivity index (χ0n) is 17.7. The minimum atomic E-state index is -0.310. The highest BCUT2D eigenvalue weighted by Gasteiger charge is 2.35. The maximum absolute atomic E-state index is 13.2. The van der Waals surface area contributed by atoms with Crippen LogP contribution in [-0.4, -0.2) is 49.7 Å². The minimum absolute atomic E-state index is 0.129. The summed E-state index contributed by atoms with van der Waals surface area (Å²) in [5, 5.41) is 18.6. The van der Waals surface area contributed by atoms with Crippen molar-refractivity contribution in [1.82, 2.24) is 25.2 Å². The molecule has 33 heavy (non-hydrogen) atoms. The summed E-state index contributed by atoms with van der Waals surface area (Å²) in [6, 6.07) is 20.5. The van der Waals surface area contributed by atoms with E-state index in [0.717, 1.165) is 22.7 Å². The van der Waals surface area contributed by atoms with Gasteiger partial charge in [0, 0.05) is 6.42 Å². The second-order valence-corrected chi connectivity index (χ2v) is 8.19. The van der Waals surface area contributed by atoms with E-state index in [1.165, 1.54) is 16.8 Å². The number of amides is 1. The largest absolute Gasteiger partial charge is 0.497 e. The molecule has 0 aliphatic carbocycles. The molecule has 0 radical (unpaired) electrons. The first-order valence-corrected chi connectivity index (χ1v) is 11.3. The Balaban J connectivity index is 1.36. The van der Waals surface area contributed by atoms with Crippen molar-refractivity contribution in [3.05, 3.63) is 84.3 Å². The van der Waals surface area contributed by atoms with Gasteiger partial charge in [-0.3, -0.25) is 4.79 Å². The van der Waals surface area contributed by atoms with E-state index in [-0.39, 0.29) is 17.7 Å². The van der Waals surface area contributed by atoms with Crippen molar-refractivity contribution >= 4 is 23.4 Å². The third kappa shape index (κ3) is 4.37. The van der Waals surface area contributed by atoms with Gasteiger partial charge in [0.05, 0.1) is 30.5 Å². The van der Waals surface area contributed by atoms with Gasteiger partial charge in [-0.05, 0) is 64.5 Å². The molecule has 10 heteroatoms. The molecule has 1 atom stereocenters. The summed E-state index contributed by atoms with van der Waals surface area (Å²) in [5.41, 5.74) is 2.57. The quantitative estimate of drug-likeness (QED) is 0.388. The number of hydrogen-bond acceptors (Lipinski definition) is 8. The Morgan fingerprint density at radius 1 is 1.12 bits per heavy atom. The number of furan rings is 1. The molecule has 0 spiro atoms. The normalized spacial score (nSPS) is 15.5. The van der Waals surface area contributed by atoms with Gasteiger partial charge in [-0.25, -0.2) is 5.01 Å². The maximum Gasteiger partial charge on any atom is 0.253 e.